The fourth-order valence-electron chi connectivity index (χ4n) is 4.55. The third-order valence-corrected chi connectivity index (χ3v) is 7.48. The molecule has 0 bridgehead atoms. The van der Waals surface area contributed by atoms with E-state index in [9.17, 15) is 9.13 Å². The lowest BCUT2D eigenvalue weighted by atomic mass is 10.2. The maximum atomic E-state index is 12.9. The minimum atomic E-state index is -2.83. The first-order chi connectivity index (χ1) is 18.9. The van der Waals surface area contributed by atoms with Gasteiger partial charge in [-0.25, -0.2) is 29.9 Å². The number of rotatable bonds is 9. The second-order valence-corrected chi connectivity index (χ2v) is 10.3. The normalized spacial score (nSPS) is 26.0. The zero-order valence-corrected chi connectivity index (χ0v) is 21.7. The van der Waals surface area contributed by atoms with Crippen molar-refractivity contribution in [3.8, 4) is 0 Å². The van der Waals surface area contributed by atoms with Crippen molar-refractivity contribution in [3.05, 3.63) is 25.3 Å². The molecular formula is C19H22N10O8P2+2. The maximum absolute atomic E-state index is 12.9. The van der Waals surface area contributed by atoms with Gasteiger partial charge in [0.25, 0.3) is 0 Å². The van der Waals surface area contributed by atoms with Gasteiger partial charge in [-0.15, -0.1) is 13.9 Å². The average molecular weight is 580 g/mol. The lowest BCUT2D eigenvalue weighted by molar-refractivity contribution is -0.102. The van der Waals surface area contributed by atoms with Gasteiger partial charge in [0.2, 0.25) is 6.29 Å². The van der Waals surface area contributed by atoms with E-state index < -0.39 is 47.5 Å². The van der Waals surface area contributed by atoms with Crippen LogP contribution in [-0.2, 0) is 32.2 Å². The number of hydrogen-bond donors (Lipinski definition) is 3. The van der Waals surface area contributed by atoms with Crippen molar-refractivity contribution in [1.29, 1.82) is 0 Å². The van der Waals surface area contributed by atoms with Gasteiger partial charge in [-0.2, -0.15) is 0 Å². The number of ether oxygens (including phenoxy) is 2. The van der Waals surface area contributed by atoms with Gasteiger partial charge in [-0.3, -0.25) is 9.13 Å². The van der Waals surface area contributed by atoms with Crippen molar-refractivity contribution in [2.24, 2.45) is 0 Å². The summed E-state index contributed by atoms with van der Waals surface area (Å²) in [6, 6.07) is 0. The van der Waals surface area contributed by atoms with E-state index in [4.69, 9.17) is 39.4 Å². The second kappa shape index (κ2) is 10.7. The van der Waals surface area contributed by atoms with Gasteiger partial charge in [0.05, 0.1) is 18.8 Å². The zero-order valence-electron chi connectivity index (χ0n) is 20.0. The van der Waals surface area contributed by atoms with Crippen LogP contribution in [0.5, 0.6) is 0 Å². The predicted octanol–water partition coefficient (Wildman–Crippen LogP) is 1.48. The molecule has 7 atom stereocenters. The highest BCUT2D eigenvalue weighted by Crippen LogP contribution is 2.43. The fraction of sp³-hybridized carbons (Fsp3) is 0.474. The summed E-state index contributed by atoms with van der Waals surface area (Å²) < 4.78 is 55.3. The Bertz CT molecular complexity index is 1550. The molecule has 2 aliphatic rings. The summed E-state index contributed by atoms with van der Waals surface area (Å²) in [6.07, 6.45) is 3.13. The van der Waals surface area contributed by atoms with E-state index in [0.717, 1.165) is 0 Å². The molecule has 0 radical (unpaired) electrons. The first-order valence-electron chi connectivity index (χ1n) is 11.6. The smallest absolute Gasteiger partial charge is 0.382 e. The average Bonchev–Trinajstić information content (AvgIpc) is 3.69. The number of fused-ring (bicyclic) bond motifs is 2. The molecule has 6 rings (SSSR count). The molecular weight excluding hydrogens is 558 g/mol. The molecule has 0 aliphatic carbocycles. The summed E-state index contributed by atoms with van der Waals surface area (Å²) >= 11 is 0. The van der Waals surface area contributed by atoms with Crippen LogP contribution in [0.25, 0.3) is 22.3 Å². The van der Waals surface area contributed by atoms with Crippen LogP contribution in [-0.4, -0.2) is 69.0 Å². The fourth-order valence-corrected chi connectivity index (χ4v) is 5.65. The number of nitrogens with zero attached hydrogens (tertiary/aromatic N) is 8. The quantitative estimate of drug-likeness (QED) is 0.237. The predicted molar refractivity (Wildman–Crippen MR) is 130 cm³/mol. The molecule has 204 valence electrons. The lowest BCUT2D eigenvalue weighted by Gasteiger charge is -2.16. The molecule has 0 aromatic carbocycles. The van der Waals surface area contributed by atoms with Crippen LogP contribution < -0.4 is 11.5 Å². The van der Waals surface area contributed by atoms with Gasteiger partial charge < -0.3 is 20.9 Å². The molecule has 2 saturated heterocycles. The third-order valence-electron chi connectivity index (χ3n) is 6.26. The molecule has 2 aliphatic heterocycles. The third kappa shape index (κ3) is 5.16. The van der Waals surface area contributed by atoms with Gasteiger partial charge in [-0.1, -0.05) is 4.52 Å². The van der Waals surface area contributed by atoms with Crippen molar-refractivity contribution >= 4 is 50.5 Å². The highest BCUT2D eigenvalue weighted by atomic mass is 31.1. The van der Waals surface area contributed by atoms with Gasteiger partial charge >= 0.3 is 16.5 Å². The van der Waals surface area contributed by atoms with Crippen LogP contribution in [0.2, 0.25) is 0 Å². The first-order valence-corrected chi connectivity index (χ1v) is 13.9. The first kappa shape index (κ1) is 25.9. The topological polar surface area (TPSA) is 240 Å². The Morgan fingerprint density at radius 2 is 1.59 bits per heavy atom. The second-order valence-electron chi connectivity index (χ2n) is 8.65. The minimum Gasteiger partial charge on any atom is -0.382 e. The molecule has 0 spiro atoms. The number of nitrogen functional groups attached to an aromatic ring is 2. The molecule has 20 heteroatoms. The Morgan fingerprint density at radius 1 is 0.923 bits per heavy atom. The van der Waals surface area contributed by atoms with E-state index in [-0.39, 0.29) is 24.7 Å². The van der Waals surface area contributed by atoms with Crippen LogP contribution >= 0.6 is 16.5 Å². The molecule has 5 N–H and O–H groups in total. The number of nitrogens with two attached hydrogens (primary N) is 2. The van der Waals surface area contributed by atoms with Crippen LogP contribution in [0.4, 0.5) is 11.6 Å². The Balaban J connectivity index is 1.14. The number of aromatic nitrogens is 8. The Kier molecular flexibility index (Phi) is 7.09. The SMILES string of the molecule is Nc1ncnc2c1ncn2[C@@H]1O[C@H](CO[P+](=O)O)C[C@H]1O[P+](=O)O[C@@H]1CC[C@H](n2cnc3c(N)ncnc32)O1. The minimum absolute atomic E-state index is 0.175. The van der Waals surface area contributed by atoms with Crippen LogP contribution in [0.15, 0.2) is 25.3 Å². The van der Waals surface area contributed by atoms with Gasteiger partial charge in [-0.05, 0) is 6.42 Å². The van der Waals surface area contributed by atoms with E-state index in [0.29, 0.717) is 35.2 Å². The number of anilines is 2. The summed E-state index contributed by atoms with van der Waals surface area (Å²) in [5, 5.41) is 0. The zero-order chi connectivity index (χ0) is 27.1. The van der Waals surface area contributed by atoms with Crippen molar-refractivity contribution in [1.82, 2.24) is 39.0 Å². The Labute approximate surface area is 220 Å². The van der Waals surface area contributed by atoms with E-state index in [1.807, 2.05) is 0 Å². The maximum Gasteiger partial charge on any atom is 0.700 e. The highest BCUT2D eigenvalue weighted by Gasteiger charge is 2.47. The standard InChI is InChI=1S/C19H21N10O8P2/c20-15-13-17(24-5-22-15)28(7-26-13)11-1-2-12(35-11)37-39(32)36-10-3-9(4-33-38(30)31)34-19(10)29-8-27-14-16(21)23-6-25-18(14)29/h5-12,19H,1-4H2,(H4-,20,21,22,23,24,25,30,31)/q+1/p+1/t9-,10+,11+,12+,19+/m0/s1. The summed E-state index contributed by atoms with van der Waals surface area (Å²) in [5.41, 5.74) is 13.4. The summed E-state index contributed by atoms with van der Waals surface area (Å²) in [7, 11) is -5.51. The largest absolute Gasteiger partial charge is 0.700 e. The van der Waals surface area contributed by atoms with E-state index in [2.05, 4.69) is 29.9 Å². The Morgan fingerprint density at radius 3 is 2.28 bits per heavy atom. The van der Waals surface area contributed by atoms with E-state index in [1.54, 1.807) is 15.5 Å². The molecule has 0 saturated carbocycles. The van der Waals surface area contributed by atoms with Gasteiger partial charge in [0.15, 0.2) is 35.3 Å². The molecule has 4 aromatic heterocycles. The monoisotopic (exact) mass is 580 g/mol. The van der Waals surface area contributed by atoms with Crippen molar-refractivity contribution in [3.63, 3.8) is 0 Å². The van der Waals surface area contributed by atoms with E-state index in [1.165, 1.54) is 19.0 Å². The lowest BCUT2D eigenvalue weighted by Crippen LogP contribution is -2.21. The molecule has 4 aromatic rings. The Hall–Kier alpha value is -3.34. The summed E-state index contributed by atoms with van der Waals surface area (Å²) in [4.78, 5) is 33.8. The molecule has 39 heavy (non-hydrogen) atoms. The molecule has 6 heterocycles. The molecule has 2 unspecified atom stereocenters. The van der Waals surface area contributed by atoms with Gasteiger partial charge in [0.1, 0.15) is 36.5 Å². The van der Waals surface area contributed by atoms with Gasteiger partial charge in [0, 0.05) is 22.0 Å². The molecule has 2 fully saturated rings. The summed E-state index contributed by atoms with van der Waals surface area (Å²) in [5.74, 6) is 0.428. The number of hydrogen-bond acceptors (Lipinski definition) is 15. The van der Waals surface area contributed by atoms with Crippen molar-refractivity contribution in [2.75, 3.05) is 18.1 Å². The van der Waals surface area contributed by atoms with Crippen LogP contribution in [0.3, 0.4) is 0 Å². The van der Waals surface area contributed by atoms with Crippen molar-refractivity contribution < 1.29 is 37.1 Å². The molecule has 0 amide bonds. The van der Waals surface area contributed by atoms with E-state index >= 15 is 0 Å². The molecule has 18 nitrogen and oxygen atoms in total. The summed E-state index contributed by atoms with van der Waals surface area (Å²) in [6.45, 7) is -0.191. The highest BCUT2D eigenvalue weighted by molar-refractivity contribution is 7.33. The van der Waals surface area contributed by atoms with Crippen LogP contribution in [0.1, 0.15) is 31.7 Å². The van der Waals surface area contributed by atoms with Crippen LogP contribution in [0, 0.1) is 0 Å². The number of imidazole rings is 2. The van der Waals surface area contributed by atoms with Crippen molar-refractivity contribution in [2.45, 2.75) is 50.2 Å².